The Hall–Kier alpha value is -3.75. The third-order valence-electron chi connectivity index (χ3n) is 6.04. The second-order valence-electron chi connectivity index (χ2n) is 8.40. The van der Waals surface area contributed by atoms with E-state index in [1.807, 2.05) is 24.3 Å². The number of methoxy groups -OCH3 is 1. The molecule has 0 saturated carbocycles. The van der Waals surface area contributed by atoms with E-state index in [0.717, 1.165) is 37.6 Å². The van der Waals surface area contributed by atoms with Gasteiger partial charge in [0.1, 0.15) is 11.6 Å². The Morgan fingerprint density at radius 1 is 1.11 bits per heavy atom. The predicted molar refractivity (Wildman–Crippen MR) is 138 cm³/mol. The lowest BCUT2D eigenvalue weighted by Gasteiger charge is -2.38. The number of anilines is 3. The summed E-state index contributed by atoms with van der Waals surface area (Å²) in [5.74, 6) is 0.350. The average molecular weight is 476 g/mol. The molecule has 7 nitrogen and oxygen atoms in total. The fraction of sp³-hybridized carbons (Fsp3) is 0.259. The number of hydrogen-bond donors (Lipinski definition) is 2. The zero-order valence-corrected chi connectivity index (χ0v) is 19.7. The first kappa shape index (κ1) is 24.4. The molecule has 1 atom stereocenters. The molecule has 0 spiro atoms. The molecule has 1 aliphatic rings. The van der Waals surface area contributed by atoms with Crippen molar-refractivity contribution >= 4 is 29.2 Å². The first-order valence-electron chi connectivity index (χ1n) is 11.6. The van der Waals surface area contributed by atoms with Crippen LogP contribution in [0.1, 0.15) is 15.9 Å². The molecule has 0 aliphatic carbocycles. The van der Waals surface area contributed by atoms with Gasteiger partial charge in [-0.2, -0.15) is 0 Å². The minimum absolute atomic E-state index is 0.122. The SMILES string of the molecule is COCC(/C=C/c1ccc(F)cc1)N1CCN(c2ccc(C(=O)Nc3ccccc3N)cn2)CC1. The maximum Gasteiger partial charge on any atom is 0.257 e. The number of para-hydroxylation sites is 2. The number of nitrogens with zero attached hydrogens (tertiary/aromatic N) is 3. The highest BCUT2D eigenvalue weighted by molar-refractivity contribution is 6.05. The molecule has 4 rings (SSSR count). The van der Waals surface area contributed by atoms with E-state index < -0.39 is 0 Å². The molecule has 3 N–H and O–H groups in total. The molecule has 1 unspecified atom stereocenters. The summed E-state index contributed by atoms with van der Waals surface area (Å²) in [6.45, 7) is 3.89. The summed E-state index contributed by atoms with van der Waals surface area (Å²) in [7, 11) is 1.70. The number of nitrogens with two attached hydrogens (primary N) is 1. The fourth-order valence-corrected chi connectivity index (χ4v) is 4.04. The molecule has 2 heterocycles. The van der Waals surface area contributed by atoms with Gasteiger partial charge >= 0.3 is 0 Å². The van der Waals surface area contributed by atoms with Crippen molar-refractivity contribution in [3.05, 3.63) is 89.9 Å². The van der Waals surface area contributed by atoms with Crippen LogP contribution in [0.4, 0.5) is 21.6 Å². The number of pyridine rings is 1. The maximum atomic E-state index is 13.2. The first-order valence-corrected chi connectivity index (χ1v) is 11.6. The molecule has 1 amide bonds. The van der Waals surface area contributed by atoms with Crippen molar-refractivity contribution in [1.29, 1.82) is 0 Å². The molecule has 8 heteroatoms. The second kappa shape index (κ2) is 11.6. The van der Waals surface area contributed by atoms with Gasteiger partial charge in [0.25, 0.3) is 5.91 Å². The van der Waals surface area contributed by atoms with Crippen LogP contribution in [0, 0.1) is 5.82 Å². The molecule has 0 bridgehead atoms. The van der Waals surface area contributed by atoms with E-state index in [1.165, 1.54) is 12.1 Å². The molecule has 1 saturated heterocycles. The van der Waals surface area contributed by atoms with Gasteiger partial charge in [0.2, 0.25) is 0 Å². The van der Waals surface area contributed by atoms with Crippen LogP contribution in [0.15, 0.2) is 72.9 Å². The summed E-state index contributed by atoms with van der Waals surface area (Å²) in [6, 6.07) is 17.4. The molecule has 1 fully saturated rings. The van der Waals surface area contributed by atoms with Gasteiger partial charge in [0.05, 0.1) is 29.6 Å². The Balaban J connectivity index is 1.33. The van der Waals surface area contributed by atoms with Crippen LogP contribution >= 0.6 is 0 Å². The van der Waals surface area contributed by atoms with Crippen LogP contribution < -0.4 is 16.0 Å². The van der Waals surface area contributed by atoms with Crippen molar-refractivity contribution in [2.24, 2.45) is 0 Å². The Kier molecular flexibility index (Phi) is 8.07. The summed E-state index contributed by atoms with van der Waals surface area (Å²) >= 11 is 0. The van der Waals surface area contributed by atoms with Gasteiger partial charge in [-0.25, -0.2) is 9.37 Å². The van der Waals surface area contributed by atoms with Crippen LogP contribution in [0.25, 0.3) is 6.08 Å². The molecule has 0 radical (unpaired) electrons. The molecule has 35 heavy (non-hydrogen) atoms. The van der Waals surface area contributed by atoms with E-state index in [9.17, 15) is 9.18 Å². The second-order valence-corrected chi connectivity index (χ2v) is 8.40. The lowest BCUT2D eigenvalue weighted by Crippen LogP contribution is -2.51. The monoisotopic (exact) mass is 475 g/mol. The minimum atomic E-state index is -0.248. The molecular weight excluding hydrogens is 445 g/mol. The van der Waals surface area contributed by atoms with Crippen LogP contribution in [0.2, 0.25) is 0 Å². The zero-order valence-electron chi connectivity index (χ0n) is 19.7. The van der Waals surface area contributed by atoms with Gasteiger partial charge in [-0.1, -0.05) is 36.4 Å². The van der Waals surface area contributed by atoms with E-state index in [2.05, 4.69) is 26.2 Å². The highest BCUT2D eigenvalue weighted by Crippen LogP contribution is 2.20. The zero-order chi connectivity index (χ0) is 24.6. The van der Waals surface area contributed by atoms with E-state index in [4.69, 9.17) is 10.5 Å². The van der Waals surface area contributed by atoms with Gasteiger partial charge in [0.15, 0.2) is 0 Å². The standard InChI is InChI=1S/C27H30FN5O2/c1-35-19-23(12-8-20-6-10-22(28)11-7-20)32-14-16-33(17-15-32)26-13-9-21(18-30-26)27(34)31-25-5-3-2-4-24(25)29/h2-13,18,23H,14-17,19,29H2,1H3,(H,31,34)/b12-8+. The van der Waals surface area contributed by atoms with Crippen LogP contribution in [0.3, 0.4) is 0 Å². The topological polar surface area (TPSA) is 83.7 Å². The number of ether oxygens (including phenoxy) is 1. The third-order valence-corrected chi connectivity index (χ3v) is 6.04. The summed E-state index contributed by atoms with van der Waals surface area (Å²) < 4.78 is 18.6. The van der Waals surface area contributed by atoms with Crippen molar-refractivity contribution in [3.8, 4) is 0 Å². The van der Waals surface area contributed by atoms with Gasteiger partial charge in [0, 0.05) is 39.5 Å². The smallest absolute Gasteiger partial charge is 0.257 e. The number of hydrogen-bond acceptors (Lipinski definition) is 6. The number of carbonyl (C=O) groups excluding carboxylic acids is 1. The largest absolute Gasteiger partial charge is 0.397 e. The Morgan fingerprint density at radius 2 is 1.86 bits per heavy atom. The van der Waals surface area contributed by atoms with Gasteiger partial charge < -0.3 is 20.7 Å². The van der Waals surface area contributed by atoms with Gasteiger partial charge in [-0.05, 0) is 42.0 Å². The average Bonchev–Trinajstić information content (AvgIpc) is 2.89. The number of aromatic nitrogens is 1. The van der Waals surface area contributed by atoms with E-state index >= 15 is 0 Å². The lowest BCUT2D eigenvalue weighted by atomic mass is 10.1. The Bertz CT molecular complexity index is 1140. The van der Waals surface area contributed by atoms with Crippen LogP contribution in [-0.4, -0.2) is 61.7 Å². The van der Waals surface area contributed by atoms with Crippen molar-refractivity contribution in [1.82, 2.24) is 9.88 Å². The summed E-state index contributed by atoms with van der Waals surface area (Å²) in [5.41, 5.74) is 8.43. The molecule has 2 aromatic carbocycles. The number of benzene rings is 2. The van der Waals surface area contributed by atoms with Gasteiger partial charge in [-0.3, -0.25) is 9.69 Å². The minimum Gasteiger partial charge on any atom is -0.397 e. The van der Waals surface area contributed by atoms with Crippen molar-refractivity contribution in [2.45, 2.75) is 6.04 Å². The summed E-state index contributed by atoms with van der Waals surface area (Å²) in [6.07, 6.45) is 5.71. The Morgan fingerprint density at radius 3 is 2.51 bits per heavy atom. The normalized spacial score (nSPS) is 15.3. The fourth-order valence-electron chi connectivity index (χ4n) is 4.04. The lowest BCUT2D eigenvalue weighted by molar-refractivity contribution is 0.102. The highest BCUT2D eigenvalue weighted by Gasteiger charge is 2.23. The molecular formula is C27H30FN5O2. The molecule has 182 valence electrons. The predicted octanol–water partition coefficient (Wildman–Crippen LogP) is 3.91. The quantitative estimate of drug-likeness (QED) is 0.481. The number of halogens is 1. The molecule has 1 aromatic heterocycles. The van der Waals surface area contributed by atoms with Crippen molar-refractivity contribution in [2.75, 3.05) is 55.8 Å². The van der Waals surface area contributed by atoms with Crippen LogP contribution in [0.5, 0.6) is 0 Å². The maximum absolute atomic E-state index is 13.2. The third kappa shape index (κ3) is 6.44. The van der Waals surface area contributed by atoms with E-state index in [0.29, 0.717) is 23.5 Å². The van der Waals surface area contributed by atoms with E-state index in [1.54, 1.807) is 43.6 Å². The van der Waals surface area contributed by atoms with Crippen LogP contribution in [-0.2, 0) is 4.74 Å². The number of amides is 1. The molecule has 3 aromatic rings. The number of carbonyl (C=O) groups is 1. The summed E-state index contributed by atoms with van der Waals surface area (Å²) in [4.78, 5) is 21.6. The number of nitrogen functional groups attached to an aromatic ring is 1. The van der Waals surface area contributed by atoms with Crippen molar-refractivity contribution < 1.29 is 13.9 Å². The number of piperazine rings is 1. The first-order chi connectivity index (χ1) is 17.0. The number of nitrogens with one attached hydrogen (secondary N) is 1. The van der Waals surface area contributed by atoms with E-state index in [-0.39, 0.29) is 17.8 Å². The highest BCUT2D eigenvalue weighted by atomic mass is 19.1. The molecule has 1 aliphatic heterocycles. The van der Waals surface area contributed by atoms with Gasteiger partial charge in [-0.15, -0.1) is 0 Å². The summed E-state index contributed by atoms with van der Waals surface area (Å²) in [5, 5.41) is 2.82. The number of rotatable bonds is 8. The Labute approximate surface area is 205 Å². The van der Waals surface area contributed by atoms with Crippen molar-refractivity contribution in [3.63, 3.8) is 0 Å².